The van der Waals surface area contributed by atoms with Crippen LogP contribution in [-0.2, 0) is 11.2 Å². The van der Waals surface area contributed by atoms with Crippen molar-refractivity contribution in [2.24, 2.45) is 11.7 Å². The second-order valence-corrected chi connectivity index (χ2v) is 5.64. The molecule has 4 heteroatoms. The van der Waals surface area contributed by atoms with Crippen LogP contribution in [0.1, 0.15) is 23.6 Å². The zero-order valence-electron chi connectivity index (χ0n) is 10.1. The van der Waals surface area contributed by atoms with E-state index >= 15 is 0 Å². The van der Waals surface area contributed by atoms with Crippen molar-refractivity contribution in [2.45, 2.75) is 33.2 Å². The molecule has 90 valence electrons. The average Bonchev–Trinajstić information content (AvgIpc) is 2.62. The highest BCUT2D eigenvalue weighted by atomic mass is 32.1. The van der Waals surface area contributed by atoms with Crippen LogP contribution in [0.15, 0.2) is 12.1 Å². The quantitative estimate of drug-likeness (QED) is 0.823. The SMILES string of the molecule is Cc1ccc(CC(C)NC(=O)C(C)CN)s1. The Kier molecular flexibility index (Phi) is 4.96. The van der Waals surface area contributed by atoms with Gasteiger partial charge in [-0.05, 0) is 26.0 Å². The summed E-state index contributed by atoms with van der Waals surface area (Å²) in [6, 6.07) is 4.39. The molecule has 3 nitrogen and oxygen atoms in total. The number of amides is 1. The van der Waals surface area contributed by atoms with Gasteiger partial charge in [0.15, 0.2) is 0 Å². The molecule has 1 aromatic rings. The minimum absolute atomic E-state index is 0.0447. The van der Waals surface area contributed by atoms with Gasteiger partial charge in [-0.15, -0.1) is 11.3 Å². The number of aryl methyl sites for hydroxylation is 1. The third-order valence-corrected chi connectivity index (χ3v) is 3.52. The summed E-state index contributed by atoms with van der Waals surface area (Å²) in [6.45, 7) is 6.36. The molecule has 1 heterocycles. The first-order valence-electron chi connectivity index (χ1n) is 5.58. The molecular weight excluding hydrogens is 220 g/mol. The van der Waals surface area contributed by atoms with Gasteiger partial charge in [0.25, 0.3) is 0 Å². The number of hydrogen-bond donors (Lipinski definition) is 2. The van der Waals surface area contributed by atoms with Gasteiger partial charge in [0.2, 0.25) is 5.91 Å². The molecule has 0 aromatic carbocycles. The summed E-state index contributed by atoms with van der Waals surface area (Å²) < 4.78 is 0. The standard InChI is InChI=1S/C12H20N2OS/c1-8(7-13)12(15)14-9(2)6-11-5-4-10(3)16-11/h4-5,8-9H,6-7,13H2,1-3H3,(H,14,15). The number of carbonyl (C=O) groups excluding carboxylic acids is 1. The van der Waals surface area contributed by atoms with E-state index in [-0.39, 0.29) is 17.9 Å². The summed E-state index contributed by atoms with van der Waals surface area (Å²) in [5, 5.41) is 2.98. The van der Waals surface area contributed by atoms with Crippen LogP contribution in [0.5, 0.6) is 0 Å². The molecule has 0 aliphatic heterocycles. The van der Waals surface area contributed by atoms with Crippen LogP contribution in [0.2, 0.25) is 0 Å². The molecule has 0 radical (unpaired) electrons. The van der Waals surface area contributed by atoms with E-state index in [4.69, 9.17) is 5.73 Å². The molecule has 0 saturated carbocycles. The number of rotatable bonds is 5. The van der Waals surface area contributed by atoms with Gasteiger partial charge >= 0.3 is 0 Å². The first kappa shape index (κ1) is 13.2. The topological polar surface area (TPSA) is 55.1 Å². The van der Waals surface area contributed by atoms with E-state index in [9.17, 15) is 4.79 Å². The van der Waals surface area contributed by atoms with E-state index in [2.05, 4.69) is 24.4 Å². The van der Waals surface area contributed by atoms with Crippen LogP contribution in [0.25, 0.3) is 0 Å². The van der Waals surface area contributed by atoms with E-state index in [1.165, 1.54) is 9.75 Å². The Balaban J connectivity index is 2.41. The van der Waals surface area contributed by atoms with Crippen molar-refractivity contribution in [3.63, 3.8) is 0 Å². The number of nitrogens with two attached hydrogens (primary N) is 1. The van der Waals surface area contributed by atoms with Crippen molar-refractivity contribution < 1.29 is 4.79 Å². The van der Waals surface area contributed by atoms with E-state index in [0.29, 0.717) is 6.54 Å². The van der Waals surface area contributed by atoms with Crippen molar-refractivity contribution in [3.05, 3.63) is 21.9 Å². The number of hydrogen-bond acceptors (Lipinski definition) is 3. The predicted molar refractivity (Wildman–Crippen MR) is 68.6 cm³/mol. The lowest BCUT2D eigenvalue weighted by Gasteiger charge is -2.15. The summed E-state index contributed by atoms with van der Waals surface area (Å²) in [5.41, 5.74) is 5.45. The normalized spacial score (nSPS) is 14.5. The summed E-state index contributed by atoms with van der Waals surface area (Å²) >= 11 is 1.78. The fraction of sp³-hybridized carbons (Fsp3) is 0.583. The van der Waals surface area contributed by atoms with Gasteiger partial charge in [0.1, 0.15) is 0 Å². The van der Waals surface area contributed by atoms with E-state index in [1.54, 1.807) is 11.3 Å². The van der Waals surface area contributed by atoms with Gasteiger partial charge in [0.05, 0.1) is 0 Å². The van der Waals surface area contributed by atoms with Crippen LogP contribution < -0.4 is 11.1 Å². The van der Waals surface area contributed by atoms with Crippen LogP contribution in [0.3, 0.4) is 0 Å². The zero-order valence-corrected chi connectivity index (χ0v) is 10.9. The first-order valence-corrected chi connectivity index (χ1v) is 6.40. The Morgan fingerprint density at radius 2 is 2.19 bits per heavy atom. The summed E-state index contributed by atoms with van der Waals surface area (Å²) in [5.74, 6) is -0.0594. The summed E-state index contributed by atoms with van der Waals surface area (Å²) in [7, 11) is 0. The van der Waals surface area contributed by atoms with Crippen LogP contribution in [0.4, 0.5) is 0 Å². The molecule has 2 atom stereocenters. The maximum Gasteiger partial charge on any atom is 0.224 e. The van der Waals surface area contributed by atoms with Gasteiger partial charge in [0, 0.05) is 34.7 Å². The number of nitrogens with one attached hydrogen (secondary N) is 1. The Bertz CT molecular complexity index is 349. The summed E-state index contributed by atoms with van der Waals surface area (Å²) in [6.07, 6.45) is 0.890. The van der Waals surface area contributed by atoms with Crippen molar-refractivity contribution in [1.82, 2.24) is 5.32 Å². The lowest BCUT2D eigenvalue weighted by atomic mass is 10.1. The first-order chi connectivity index (χ1) is 7.52. The molecule has 1 rings (SSSR count). The molecule has 3 N–H and O–H groups in total. The largest absolute Gasteiger partial charge is 0.353 e. The maximum absolute atomic E-state index is 11.6. The molecule has 0 bridgehead atoms. The molecular formula is C12H20N2OS. The van der Waals surface area contributed by atoms with Crippen LogP contribution in [0, 0.1) is 12.8 Å². The number of thiophene rings is 1. The minimum atomic E-state index is -0.104. The Morgan fingerprint density at radius 1 is 1.50 bits per heavy atom. The van der Waals surface area contributed by atoms with Crippen molar-refractivity contribution in [2.75, 3.05) is 6.54 Å². The minimum Gasteiger partial charge on any atom is -0.353 e. The molecule has 0 saturated heterocycles. The summed E-state index contributed by atoms with van der Waals surface area (Å²) in [4.78, 5) is 14.2. The van der Waals surface area contributed by atoms with Gasteiger partial charge in [-0.2, -0.15) is 0 Å². The monoisotopic (exact) mass is 240 g/mol. The molecule has 0 spiro atoms. The highest BCUT2D eigenvalue weighted by molar-refractivity contribution is 7.11. The van der Waals surface area contributed by atoms with Crippen LogP contribution in [-0.4, -0.2) is 18.5 Å². The molecule has 0 aliphatic carbocycles. The van der Waals surface area contributed by atoms with Gasteiger partial charge in [-0.25, -0.2) is 0 Å². The molecule has 0 aliphatic rings. The van der Waals surface area contributed by atoms with E-state index in [1.807, 2.05) is 13.8 Å². The lowest BCUT2D eigenvalue weighted by molar-refractivity contribution is -0.124. The molecule has 1 amide bonds. The average molecular weight is 240 g/mol. The molecule has 16 heavy (non-hydrogen) atoms. The highest BCUT2D eigenvalue weighted by Gasteiger charge is 2.14. The van der Waals surface area contributed by atoms with Gasteiger partial charge in [-0.3, -0.25) is 4.79 Å². The second kappa shape index (κ2) is 6.01. The fourth-order valence-electron chi connectivity index (χ4n) is 1.44. The van der Waals surface area contributed by atoms with Crippen molar-refractivity contribution in [1.29, 1.82) is 0 Å². The maximum atomic E-state index is 11.6. The predicted octanol–water partition coefficient (Wildman–Crippen LogP) is 1.70. The van der Waals surface area contributed by atoms with Gasteiger partial charge in [-0.1, -0.05) is 6.92 Å². The van der Waals surface area contributed by atoms with E-state index < -0.39 is 0 Å². The third-order valence-electron chi connectivity index (χ3n) is 2.49. The second-order valence-electron chi connectivity index (χ2n) is 4.26. The Hall–Kier alpha value is -0.870. The smallest absolute Gasteiger partial charge is 0.224 e. The molecule has 0 fully saturated rings. The van der Waals surface area contributed by atoms with Crippen LogP contribution >= 0.6 is 11.3 Å². The van der Waals surface area contributed by atoms with Crippen molar-refractivity contribution in [3.8, 4) is 0 Å². The number of carbonyl (C=O) groups is 1. The highest BCUT2D eigenvalue weighted by Crippen LogP contribution is 2.16. The molecule has 1 aromatic heterocycles. The molecule has 2 unspecified atom stereocenters. The Morgan fingerprint density at radius 3 is 2.69 bits per heavy atom. The Labute approximate surface area is 101 Å². The zero-order chi connectivity index (χ0) is 12.1. The van der Waals surface area contributed by atoms with E-state index in [0.717, 1.165) is 6.42 Å². The lowest BCUT2D eigenvalue weighted by Crippen LogP contribution is -2.39. The van der Waals surface area contributed by atoms with Gasteiger partial charge < -0.3 is 11.1 Å². The van der Waals surface area contributed by atoms with Crippen molar-refractivity contribution >= 4 is 17.2 Å². The fourth-order valence-corrected chi connectivity index (χ4v) is 2.46. The third kappa shape index (κ3) is 3.94.